The van der Waals surface area contributed by atoms with Gasteiger partial charge in [-0.2, -0.15) is 0 Å². The molecule has 0 bridgehead atoms. The number of nitrogens with zero attached hydrogens (tertiary/aromatic N) is 1. The van der Waals surface area contributed by atoms with Gasteiger partial charge in [0.15, 0.2) is 0 Å². The van der Waals surface area contributed by atoms with Crippen LogP contribution in [-0.4, -0.2) is 125 Å². The number of aliphatic carboxylic acids is 1. The van der Waals surface area contributed by atoms with Crippen molar-refractivity contribution in [1.82, 2.24) is 31.5 Å². The number of carboxylic acids is 1. The minimum Gasteiger partial charge on any atom is -0.480 e. The summed E-state index contributed by atoms with van der Waals surface area (Å²) in [7, 11) is 0. The van der Waals surface area contributed by atoms with Crippen molar-refractivity contribution < 1.29 is 48.9 Å². The molecule has 1 aliphatic rings. The lowest BCUT2D eigenvalue weighted by Crippen LogP contribution is -2.57. The molecule has 10 N–H and O–H groups in total. The summed E-state index contributed by atoms with van der Waals surface area (Å²) in [6.07, 6.45) is -0.341. The van der Waals surface area contributed by atoms with E-state index >= 15 is 0 Å². The van der Waals surface area contributed by atoms with E-state index in [1.54, 1.807) is 13.8 Å². The second kappa shape index (κ2) is 17.1. The number of carbonyl (C=O) groups is 7. The van der Waals surface area contributed by atoms with Crippen LogP contribution in [0, 0.1) is 5.92 Å². The average molecular weight is 588 g/mol. The summed E-state index contributed by atoms with van der Waals surface area (Å²) in [5, 5.41) is 39.6. The Bertz CT molecular complexity index is 974. The van der Waals surface area contributed by atoms with Crippen LogP contribution in [0.5, 0.6) is 0 Å². The zero-order valence-electron chi connectivity index (χ0n) is 23.3. The minimum atomic E-state index is -1.48. The first-order valence-electron chi connectivity index (χ1n) is 13.2. The number of rotatable bonds is 16. The summed E-state index contributed by atoms with van der Waals surface area (Å²) in [5.41, 5.74) is 5.53. The summed E-state index contributed by atoms with van der Waals surface area (Å²) in [5.74, 6) is -5.75. The van der Waals surface area contributed by atoms with Crippen molar-refractivity contribution in [2.24, 2.45) is 11.7 Å². The number of likely N-dealkylation sites (tertiary alicyclic amines) is 1. The lowest BCUT2D eigenvalue weighted by Gasteiger charge is -2.26. The highest BCUT2D eigenvalue weighted by molar-refractivity contribution is 5.94. The van der Waals surface area contributed by atoms with Gasteiger partial charge in [0.1, 0.15) is 24.2 Å². The van der Waals surface area contributed by atoms with Crippen molar-refractivity contribution in [1.29, 1.82) is 0 Å². The van der Waals surface area contributed by atoms with E-state index < -0.39 is 97.9 Å². The second-order valence-electron chi connectivity index (χ2n) is 10.1. The van der Waals surface area contributed by atoms with Gasteiger partial charge in [0.2, 0.25) is 35.4 Å². The summed E-state index contributed by atoms with van der Waals surface area (Å²) in [6.45, 7) is 2.82. The number of carbonyl (C=O) groups excluding carboxylic acids is 6. The molecular formula is C24H41N7O10. The predicted octanol–water partition coefficient (Wildman–Crippen LogP) is -4.87. The van der Waals surface area contributed by atoms with Gasteiger partial charge in [0.25, 0.3) is 0 Å². The van der Waals surface area contributed by atoms with Crippen LogP contribution in [0.2, 0.25) is 0 Å². The molecule has 1 fully saturated rings. The van der Waals surface area contributed by atoms with Gasteiger partial charge in [-0.05, 0) is 32.1 Å². The van der Waals surface area contributed by atoms with Crippen LogP contribution in [0.25, 0.3) is 0 Å². The van der Waals surface area contributed by atoms with Crippen molar-refractivity contribution in [2.45, 2.75) is 70.3 Å². The molecule has 0 radical (unpaired) electrons. The van der Waals surface area contributed by atoms with Crippen LogP contribution in [0.3, 0.4) is 0 Å². The van der Waals surface area contributed by atoms with E-state index in [1.807, 2.05) is 0 Å². The fourth-order valence-electron chi connectivity index (χ4n) is 3.95. The maximum Gasteiger partial charge on any atom is 0.326 e. The molecule has 1 saturated heterocycles. The third-order valence-electron chi connectivity index (χ3n) is 6.07. The van der Waals surface area contributed by atoms with E-state index in [9.17, 15) is 43.8 Å². The summed E-state index contributed by atoms with van der Waals surface area (Å²) < 4.78 is 0. The second-order valence-corrected chi connectivity index (χ2v) is 10.1. The molecule has 17 heteroatoms. The number of amides is 6. The minimum absolute atomic E-state index is 0.0480. The monoisotopic (exact) mass is 587 g/mol. The SMILES string of the molecule is CC(C)C[C@H](NC(=O)[C@@H](NC(=O)CNC(=O)CNC(=O)CNC(=O)[C@@H]1CCCN1C(=O)[C@@H](N)CO)[C@@H](C)O)C(=O)O. The molecule has 0 spiro atoms. The Morgan fingerprint density at radius 3 is 1.98 bits per heavy atom. The van der Waals surface area contributed by atoms with Gasteiger partial charge in [0.05, 0.1) is 32.3 Å². The average Bonchev–Trinajstić information content (AvgIpc) is 3.40. The van der Waals surface area contributed by atoms with Crippen molar-refractivity contribution in [3.8, 4) is 0 Å². The summed E-state index contributed by atoms with van der Waals surface area (Å²) in [6, 6.07) is -4.70. The molecule has 0 aromatic heterocycles. The quantitative estimate of drug-likeness (QED) is 0.0826. The van der Waals surface area contributed by atoms with Crippen molar-refractivity contribution in [3.05, 3.63) is 0 Å². The van der Waals surface area contributed by atoms with Crippen molar-refractivity contribution in [3.63, 3.8) is 0 Å². The largest absolute Gasteiger partial charge is 0.480 e. The standard InChI is InChI=1S/C24H41N7O10/c1-12(2)7-15(24(40)41)29-22(38)20(13(3)33)30-19(36)10-27-17(34)8-26-18(35)9-28-21(37)16-5-4-6-31(16)23(39)14(25)11-32/h12-16,20,32-33H,4-11,25H2,1-3H3,(H,26,35)(H,27,34)(H,28,37)(H,29,38)(H,30,36)(H,40,41)/t13-,14+,15+,16+,20+/m1/s1. The molecule has 0 unspecified atom stereocenters. The Hall–Kier alpha value is -3.83. The van der Waals surface area contributed by atoms with Gasteiger partial charge in [-0.15, -0.1) is 0 Å². The van der Waals surface area contributed by atoms with E-state index in [1.165, 1.54) is 11.8 Å². The van der Waals surface area contributed by atoms with E-state index in [0.717, 1.165) is 0 Å². The van der Waals surface area contributed by atoms with Gasteiger partial charge in [-0.25, -0.2) is 4.79 Å². The highest BCUT2D eigenvalue weighted by Crippen LogP contribution is 2.18. The Kier molecular flexibility index (Phi) is 14.7. The molecule has 232 valence electrons. The Labute approximate surface area is 236 Å². The van der Waals surface area contributed by atoms with Crippen LogP contribution >= 0.6 is 0 Å². The van der Waals surface area contributed by atoms with Crippen LogP contribution < -0.4 is 32.3 Å². The van der Waals surface area contributed by atoms with E-state index in [2.05, 4.69) is 26.6 Å². The molecule has 0 aromatic rings. The Morgan fingerprint density at radius 2 is 1.46 bits per heavy atom. The van der Waals surface area contributed by atoms with Gasteiger partial charge in [-0.1, -0.05) is 13.8 Å². The molecular weight excluding hydrogens is 546 g/mol. The molecule has 5 atom stereocenters. The molecule has 0 aromatic carbocycles. The fourth-order valence-corrected chi connectivity index (χ4v) is 3.95. The number of hydrogen-bond donors (Lipinski definition) is 9. The number of nitrogens with two attached hydrogens (primary N) is 1. The van der Waals surface area contributed by atoms with Crippen LogP contribution in [-0.2, 0) is 33.6 Å². The predicted molar refractivity (Wildman–Crippen MR) is 141 cm³/mol. The van der Waals surface area contributed by atoms with Crippen LogP contribution in [0.4, 0.5) is 0 Å². The summed E-state index contributed by atoms with van der Waals surface area (Å²) in [4.78, 5) is 86.0. The maximum atomic E-state index is 12.5. The molecule has 1 heterocycles. The van der Waals surface area contributed by atoms with E-state index in [-0.39, 0.29) is 18.9 Å². The first-order chi connectivity index (χ1) is 19.2. The number of aliphatic hydroxyl groups is 2. The molecule has 17 nitrogen and oxygen atoms in total. The Morgan fingerprint density at radius 1 is 0.902 bits per heavy atom. The third kappa shape index (κ3) is 12.1. The lowest BCUT2D eigenvalue weighted by molar-refractivity contribution is -0.143. The number of carboxylic acid groups (broad SMARTS) is 1. The zero-order valence-corrected chi connectivity index (χ0v) is 23.3. The first-order valence-corrected chi connectivity index (χ1v) is 13.2. The zero-order chi connectivity index (χ0) is 31.3. The van der Waals surface area contributed by atoms with Gasteiger partial charge in [0, 0.05) is 6.54 Å². The lowest BCUT2D eigenvalue weighted by atomic mass is 10.0. The molecule has 1 rings (SSSR count). The molecule has 1 aliphatic heterocycles. The van der Waals surface area contributed by atoms with E-state index in [0.29, 0.717) is 12.8 Å². The normalized spacial score (nSPS) is 17.5. The Balaban J connectivity index is 2.46. The highest BCUT2D eigenvalue weighted by atomic mass is 16.4. The van der Waals surface area contributed by atoms with Crippen molar-refractivity contribution >= 4 is 41.4 Å². The number of aliphatic hydroxyl groups excluding tert-OH is 2. The van der Waals surface area contributed by atoms with Gasteiger partial charge in [-0.3, -0.25) is 28.8 Å². The molecule has 41 heavy (non-hydrogen) atoms. The number of hydrogen-bond acceptors (Lipinski definition) is 10. The smallest absolute Gasteiger partial charge is 0.326 e. The van der Waals surface area contributed by atoms with Gasteiger partial charge < -0.3 is 52.5 Å². The maximum absolute atomic E-state index is 12.5. The van der Waals surface area contributed by atoms with Crippen LogP contribution in [0.15, 0.2) is 0 Å². The molecule has 0 saturated carbocycles. The first kappa shape index (κ1) is 35.2. The molecule has 6 amide bonds. The highest BCUT2D eigenvalue weighted by Gasteiger charge is 2.36. The van der Waals surface area contributed by atoms with E-state index in [4.69, 9.17) is 10.8 Å². The summed E-state index contributed by atoms with van der Waals surface area (Å²) >= 11 is 0. The topological polar surface area (TPSA) is 270 Å². The van der Waals surface area contributed by atoms with Crippen molar-refractivity contribution in [2.75, 3.05) is 32.8 Å². The third-order valence-corrected chi connectivity index (χ3v) is 6.07. The number of nitrogens with one attached hydrogen (secondary N) is 5. The van der Waals surface area contributed by atoms with Crippen LogP contribution in [0.1, 0.15) is 40.0 Å². The fraction of sp³-hybridized carbons (Fsp3) is 0.708. The van der Waals surface area contributed by atoms with Gasteiger partial charge >= 0.3 is 5.97 Å². The molecule has 0 aliphatic carbocycles.